The van der Waals surface area contributed by atoms with Gasteiger partial charge < -0.3 is 10.0 Å². The first-order valence-electron chi connectivity index (χ1n) is 5.80. The second-order valence-electron chi connectivity index (χ2n) is 4.24. The van der Waals surface area contributed by atoms with Crippen LogP contribution in [0.4, 0.5) is 0 Å². The van der Waals surface area contributed by atoms with Gasteiger partial charge in [-0.3, -0.25) is 9.89 Å². The largest absolute Gasteiger partial charge is 0.508 e. The van der Waals surface area contributed by atoms with Crippen molar-refractivity contribution in [1.82, 2.24) is 15.1 Å². The molecule has 2 aromatic rings. The van der Waals surface area contributed by atoms with Crippen LogP contribution < -0.4 is 0 Å². The highest BCUT2D eigenvalue weighted by molar-refractivity contribution is 9.10. The molecular weight excluding hydrogens is 310 g/mol. The molecule has 0 saturated heterocycles. The van der Waals surface area contributed by atoms with E-state index in [1.54, 1.807) is 30.1 Å². The average Bonchev–Trinajstić information content (AvgIpc) is 2.81. The number of nitrogens with zero attached hydrogens (tertiary/aromatic N) is 2. The van der Waals surface area contributed by atoms with Crippen molar-refractivity contribution in [2.24, 2.45) is 0 Å². The Morgan fingerprint density at radius 2 is 2.32 bits per heavy atom. The highest BCUT2D eigenvalue weighted by atomic mass is 79.9. The van der Waals surface area contributed by atoms with E-state index in [-0.39, 0.29) is 11.7 Å². The van der Waals surface area contributed by atoms with Crippen LogP contribution >= 0.6 is 15.9 Å². The first kappa shape index (κ1) is 13.6. The molecule has 100 valence electrons. The molecule has 2 N–H and O–H groups in total. The second-order valence-corrected chi connectivity index (χ2v) is 5.04. The predicted octanol–water partition coefficient (Wildman–Crippen LogP) is 2.19. The summed E-state index contributed by atoms with van der Waals surface area (Å²) in [5.74, 6) is 0.143. The quantitative estimate of drug-likeness (QED) is 0.906. The van der Waals surface area contributed by atoms with Crippen molar-refractivity contribution in [1.29, 1.82) is 0 Å². The summed E-state index contributed by atoms with van der Waals surface area (Å²) >= 11 is 3.24. The molecule has 0 unspecified atom stereocenters. The first-order chi connectivity index (χ1) is 9.08. The molecule has 0 aliphatic rings. The number of amides is 1. The summed E-state index contributed by atoms with van der Waals surface area (Å²) in [7, 11) is 1.74. The van der Waals surface area contributed by atoms with Crippen molar-refractivity contribution >= 4 is 21.8 Å². The zero-order valence-corrected chi connectivity index (χ0v) is 12.0. The van der Waals surface area contributed by atoms with Gasteiger partial charge in [0.1, 0.15) is 10.4 Å². The molecule has 1 heterocycles. The fourth-order valence-electron chi connectivity index (χ4n) is 1.74. The van der Waals surface area contributed by atoms with Crippen LogP contribution in [-0.2, 0) is 6.42 Å². The van der Waals surface area contributed by atoms with Gasteiger partial charge in [-0.05, 0) is 40.0 Å². The van der Waals surface area contributed by atoms with Crippen molar-refractivity contribution < 1.29 is 9.90 Å². The Balaban J connectivity index is 1.96. The molecule has 19 heavy (non-hydrogen) atoms. The number of phenols is 1. The Hall–Kier alpha value is -1.82. The normalized spacial score (nSPS) is 10.4. The van der Waals surface area contributed by atoms with Crippen LogP contribution in [0.1, 0.15) is 15.9 Å². The van der Waals surface area contributed by atoms with Crippen LogP contribution in [0.15, 0.2) is 35.1 Å². The van der Waals surface area contributed by atoms with E-state index in [9.17, 15) is 9.90 Å². The standard InChI is InChI=1S/C13H14BrN3O2/c1-17(13(19)11-8-15-16-12(11)14)6-5-9-3-2-4-10(18)7-9/h2-4,7-8,18H,5-6H2,1H3,(H,15,16). The lowest BCUT2D eigenvalue weighted by atomic mass is 10.1. The summed E-state index contributed by atoms with van der Waals surface area (Å²) in [4.78, 5) is 13.7. The molecule has 5 nitrogen and oxygen atoms in total. The monoisotopic (exact) mass is 323 g/mol. The van der Waals surface area contributed by atoms with Crippen LogP contribution in [-0.4, -0.2) is 39.7 Å². The third-order valence-electron chi connectivity index (χ3n) is 2.82. The molecule has 1 aromatic carbocycles. The van der Waals surface area contributed by atoms with Crippen LogP contribution in [0.3, 0.4) is 0 Å². The maximum absolute atomic E-state index is 12.1. The number of aromatic hydroxyl groups is 1. The Morgan fingerprint density at radius 3 is 2.95 bits per heavy atom. The van der Waals surface area contributed by atoms with Crippen molar-refractivity contribution in [3.8, 4) is 5.75 Å². The van der Waals surface area contributed by atoms with Gasteiger partial charge in [0.2, 0.25) is 0 Å². The number of carbonyl (C=O) groups is 1. The number of phenolic OH excluding ortho intramolecular Hbond substituents is 1. The minimum Gasteiger partial charge on any atom is -0.508 e. The molecule has 0 aliphatic heterocycles. The van der Waals surface area contributed by atoms with Gasteiger partial charge in [0.25, 0.3) is 5.91 Å². The third-order valence-corrected chi connectivity index (χ3v) is 3.42. The molecule has 6 heteroatoms. The van der Waals surface area contributed by atoms with Gasteiger partial charge in [0.05, 0.1) is 11.8 Å². The number of aromatic amines is 1. The number of H-pyrrole nitrogens is 1. The van der Waals surface area contributed by atoms with Crippen LogP contribution in [0, 0.1) is 0 Å². The van der Waals surface area contributed by atoms with Crippen molar-refractivity contribution in [3.05, 3.63) is 46.2 Å². The fourth-order valence-corrected chi connectivity index (χ4v) is 2.11. The van der Waals surface area contributed by atoms with E-state index >= 15 is 0 Å². The molecular formula is C13H14BrN3O2. The molecule has 1 amide bonds. The van der Waals surface area contributed by atoms with E-state index in [4.69, 9.17) is 0 Å². The number of benzene rings is 1. The number of hydrogen-bond donors (Lipinski definition) is 2. The summed E-state index contributed by atoms with van der Waals surface area (Å²) < 4.78 is 0.585. The van der Waals surface area contributed by atoms with Gasteiger partial charge in [-0.25, -0.2) is 0 Å². The van der Waals surface area contributed by atoms with Gasteiger partial charge in [-0.15, -0.1) is 0 Å². The minimum atomic E-state index is -0.0965. The Bertz CT molecular complexity index is 583. The van der Waals surface area contributed by atoms with Crippen LogP contribution in [0.5, 0.6) is 5.75 Å². The van der Waals surface area contributed by atoms with Crippen LogP contribution in [0.2, 0.25) is 0 Å². The average molecular weight is 324 g/mol. The van der Waals surface area contributed by atoms with E-state index in [1.807, 2.05) is 6.07 Å². The summed E-state index contributed by atoms with van der Waals surface area (Å²) in [5.41, 5.74) is 1.50. The lowest BCUT2D eigenvalue weighted by molar-refractivity contribution is 0.0796. The van der Waals surface area contributed by atoms with E-state index in [1.165, 1.54) is 6.20 Å². The molecule has 0 bridgehead atoms. The van der Waals surface area contributed by atoms with Crippen LogP contribution in [0.25, 0.3) is 0 Å². The second kappa shape index (κ2) is 5.88. The smallest absolute Gasteiger partial charge is 0.257 e. The first-order valence-corrected chi connectivity index (χ1v) is 6.59. The van der Waals surface area contributed by atoms with E-state index in [2.05, 4.69) is 26.1 Å². The predicted molar refractivity (Wildman–Crippen MR) is 75.1 cm³/mol. The zero-order valence-electron chi connectivity index (χ0n) is 10.4. The molecule has 0 radical (unpaired) electrons. The van der Waals surface area contributed by atoms with Gasteiger partial charge >= 0.3 is 0 Å². The molecule has 0 aliphatic carbocycles. The Kier molecular flexibility index (Phi) is 4.21. The number of rotatable bonds is 4. The van der Waals surface area contributed by atoms with Crippen molar-refractivity contribution in [2.75, 3.05) is 13.6 Å². The third kappa shape index (κ3) is 3.35. The number of nitrogens with one attached hydrogen (secondary N) is 1. The number of carbonyl (C=O) groups excluding carboxylic acids is 1. The van der Waals surface area contributed by atoms with Crippen molar-refractivity contribution in [2.45, 2.75) is 6.42 Å². The lowest BCUT2D eigenvalue weighted by Gasteiger charge is -2.16. The number of halogens is 1. The molecule has 0 spiro atoms. The summed E-state index contributed by atoms with van der Waals surface area (Å²) in [5, 5.41) is 15.8. The van der Waals surface area contributed by atoms with Gasteiger partial charge in [-0.1, -0.05) is 12.1 Å². The number of hydrogen-bond acceptors (Lipinski definition) is 3. The fraction of sp³-hybridized carbons (Fsp3) is 0.231. The van der Waals surface area contributed by atoms with Crippen molar-refractivity contribution in [3.63, 3.8) is 0 Å². The lowest BCUT2D eigenvalue weighted by Crippen LogP contribution is -2.28. The molecule has 0 atom stereocenters. The molecule has 2 rings (SSSR count). The summed E-state index contributed by atoms with van der Waals surface area (Å²) in [6.45, 7) is 0.569. The van der Waals surface area contributed by atoms with Gasteiger partial charge in [-0.2, -0.15) is 5.10 Å². The maximum Gasteiger partial charge on any atom is 0.257 e. The Morgan fingerprint density at radius 1 is 1.53 bits per heavy atom. The van der Waals surface area contributed by atoms with E-state index in [0.717, 1.165) is 5.56 Å². The highest BCUT2D eigenvalue weighted by Crippen LogP contribution is 2.15. The molecule has 1 aromatic heterocycles. The van der Waals surface area contributed by atoms with E-state index < -0.39 is 0 Å². The number of aromatic nitrogens is 2. The number of likely N-dealkylation sites (N-methyl/N-ethyl adjacent to an activating group) is 1. The minimum absolute atomic E-state index is 0.0965. The summed E-state index contributed by atoms with van der Waals surface area (Å²) in [6, 6.07) is 7.04. The SMILES string of the molecule is CN(CCc1cccc(O)c1)C(=O)c1cn[nH]c1Br. The molecule has 0 fully saturated rings. The summed E-state index contributed by atoms with van der Waals surface area (Å²) in [6.07, 6.45) is 2.18. The highest BCUT2D eigenvalue weighted by Gasteiger charge is 2.16. The van der Waals surface area contributed by atoms with E-state index in [0.29, 0.717) is 23.1 Å². The van der Waals surface area contributed by atoms with Gasteiger partial charge in [0.15, 0.2) is 0 Å². The maximum atomic E-state index is 12.1. The molecule has 0 saturated carbocycles. The van der Waals surface area contributed by atoms with Gasteiger partial charge in [0, 0.05) is 13.6 Å². The Labute approximate surface area is 119 Å². The topological polar surface area (TPSA) is 69.2 Å². The zero-order chi connectivity index (χ0) is 13.8.